The largest absolute Gasteiger partial charge is 0.491 e. The van der Waals surface area contributed by atoms with Crippen LogP contribution in [0.5, 0.6) is 5.75 Å². The Morgan fingerprint density at radius 1 is 1.09 bits per heavy atom. The van der Waals surface area contributed by atoms with Crippen LogP contribution in [-0.2, 0) is 4.79 Å². The van der Waals surface area contributed by atoms with Gasteiger partial charge in [0.05, 0.1) is 12.6 Å². The van der Waals surface area contributed by atoms with Gasteiger partial charge in [-0.25, -0.2) is 0 Å². The second-order valence-corrected chi connectivity index (χ2v) is 5.52. The van der Waals surface area contributed by atoms with E-state index in [-0.39, 0.29) is 18.6 Å². The van der Waals surface area contributed by atoms with Crippen molar-refractivity contribution in [3.63, 3.8) is 0 Å². The van der Waals surface area contributed by atoms with Crippen LogP contribution in [0.15, 0.2) is 54.6 Å². The van der Waals surface area contributed by atoms with Gasteiger partial charge in [0, 0.05) is 17.9 Å². The van der Waals surface area contributed by atoms with Crippen molar-refractivity contribution in [1.29, 1.82) is 0 Å². The van der Waals surface area contributed by atoms with Crippen LogP contribution >= 0.6 is 0 Å². The Hall–Kier alpha value is -2.49. The summed E-state index contributed by atoms with van der Waals surface area (Å²) in [7, 11) is 0. The van der Waals surface area contributed by atoms with Gasteiger partial charge in [0.2, 0.25) is 5.91 Å². The molecule has 4 heteroatoms. The predicted octanol–water partition coefficient (Wildman–Crippen LogP) is 3.94. The molecule has 0 spiro atoms. The van der Waals surface area contributed by atoms with Crippen molar-refractivity contribution < 1.29 is 9.53 Å². The molecule has 0 bridgehead atoms. The molecule has 0 aliphatic heterocycles. The molecule has 1 N–H and O–H groups in total. The molecule has 0 aliphatic carbocycles. The van der Waals surface area contributed by atoms with E-state index in [4.69, 9.17) is 4.74 Å². The molecule has 0 aliphatic rings. The molecule has 2 aromatic rings. The zero-order chi connectivity index (χ0) is 16.7. The Labute approximate surface area is 138 Å². The Morgan fingerprint density at radius 2 is 1.74 bits per heavy atom. The fourth-order valence-electron chi connectivity index (χ4n) is 2.31. The van der Waals surface area contributed by atoms with Crippen molar-refractivity contribution in [2.24, 2.45) is 0 Å². The molecule has 4 nitrogen and oxygen atoms in total. The smallest absolute Gasteiger partial charge is 0.246 e. The van der Waals surface area contributed by atoms with E-state index >= 15 is 0 Å². The van der Waals surface area contributed by atoms with Gasteiger partial charge in [-0.3, -0.25) is 4.79 Å². The van der Waals surface area contributed by atoms with Gasteiger partial charge in [0.25, 0.3) is 0 Å². The molecule has 2 rings (SSSR count). The summed E-state index contributed by atoms with van der Waals surface area (Å²) >= 11 is 0. The van der Waals surface area contributed by atoms with Gasteiger partial charge >= 0.3 is 0 Å². The summed E-state index contributed by atoms with van der Waals surface area (Å²) in [5, 5.41) is 3.16. The summed E-state index contributed by atoms with van der Waals surface area (Å²) in [5.74, 6) is 0.873. The molecule has 122 valence electrons. The highest BCUT2D eigenvalue weighted by atomic mass is 16.5. The average molecular weight is 312 g/mol. The minimum atomic E-state index is 0.0428. The van der Waals surface area contributed by atoms with E-state index in [1.165, 1.54) is 0 Å². The Bertz CT molecular complexity index is 609. The van der Waals surface area contributed by atoms with Crippen LogP contribution < -0.4 is 15.0 Å². The minimum absolute atomic E-state index is 0.0428. The minimum Gasteiger partial charge on any atom is -0.491 e. The van der Waals surface area contributed by atoms with Gasteiger partial charge in [-0.1, -0.05) is 18.2 Å². The number of amides is 1. The third-order valence-corrected chi connectivity index (χ3v) is 3.35. The lowest BCUT2D eigenvalue weighted by atomic mass is 10.2. The number of nitrogens with one attached hydrogen (secondary N) is 1. The SMILES string of the molecule is CCN(C(=O)CNc1ccc(OC(C)C)cc1)c1ccccc1. The average Bonchev–Trinajstić information content (AvgIpc) is 2.55. The molecule has 0 fully saturated rings. The molecule has 0 aromatic heterocycles. The van der Waals surface area contributed by atoms with Gasteiger partial charge in [-0.2, -0.15) is 0 Å². The summed E-state index contributed by atoms with van der Waals surface area (Å²) in [5.41, 5.74) is 1.82. The summed E-state index contributed by atoms with van der Waals surface area (Å²) in [6.45, 7) is 6.86. The third kappa shape index (κ3) is 5.02. The number of anilines is 2. The van der Waals surface area contributed by atoms with Crippen molar-refractivity contribution in [3.05, 3.63) is 54.6 Å². The molecular formula is C19H24N2O2. The maximum Gasteiger partial charge on any atom is 0.246 e. The number of hydrogen-bond acceptors (Lipinski definition) is 3. The first-order chi connectivity index (χ1) is 11.1. The zero-order valence-corrected chi connectivity index (χ0v) is 14.0. The van der Waals surface area contributed by atoms with Crippen LogP contribution in [0.3, 0.4) is 0 Å². The highest BCUT2D eigenvalue weighted by Gasteiger charge is 2.13. The van der Waals surface area contributed by atoms with E-state index < -0.39 is 0 Å². The summed E-state index contributed by atoms with van der Waals surface area (Å²) < 4.78 is 5.61. The first-order valence-corrected chi connectivity index (χ1v) is 7.96. The number of hydrogen-bond donors (Lipinski definition) is 1. The highest BCUT2D eigenvalue weighted by Crippen LogP contribution is 2.17. The van der Waals surface area contributed by atoms with E-state index in [9.17, 15) is 4.79 Å². The maximum atomic E-state index is 12.4. The van der Waals surface area contributed by atoms with E-state index in [2.05, 4.69) is 5.32 Å². The zero-order valence-electron chi connectivity index (χ0n) is 14.0. The van der Waals surface area contributed by atoms with E-state index in [0.29, 0.717) is 6.54 Å². The Morgan fingerprint density at radius 3 is 2.30 bits per heavy atom. The second-order valence-electron chi connectivity index (χ2n) is 5.52. The molecule has 0 radical (unpaired) electrons. The highest BCUT2D eigenvalue weighted by molar-refractivity contribution is 5.96. The molecule has 2 aromatic carbocycles. The normalized spacial score (nSPS) is 10.4. The number of rotatable bonds is 7. The second kappa shape index (κ2) is 8.22. The Balaban J connectivity index is 1.93. The fraction of sp³-hybridized carbons (Fsp3) is 0.316. The van der Waals surface area contributed by atoms with Crippen molar-refractivity contribution in [2.75, 3.05) is 23.3 Å². The number of carbonyl (C=O) groups excluding carboxylic acids is 1. The van der Waals surface area contributed by atoms with Crippen molar-refractivity contribution in [3.8, 4) is 5.75 Å². The van der Waals surface area contributed by atoms with E-state index in [1.54, 1.807) is 4.90 Å². The number of carbonyl (C=O) groups is 1. The number of benzene rings is 2. The fourth-order valence-corrected chi connectivity index (χ4v) is 2.31. The molecular weight excluding hydrogens is 288 g/mol. The molecule has 0 unspecified atom stereocenters. The lowest BCUT2D eigenvalue weighted by Gasteiger charge is -2.21. The summed E-state index contributed by atoms with van der Waals surface area (Å²) in [4.78, 5) is 14.2. The Kier molecular flexibility index (Phi) is 6.03. The van der Waals surface area contributed by atoms with E-state index in [1.807, 2.05) is 75.4 Å². The van der Waals surface area contributed by atoms with E-state index in [0.717, 1.165) is 17.1 Å². The van der Waals surface area contributed by atoms with Crippen molar-refractivity contribution >= 4 is 17.3 Å². The predicted molar refractivity (Wildman–Crippen MR) is 95.2 cm³/mol. The summed E-state index contributed by atoms with van der Waals surface area (Å²) in [6, 6.07) is 17.4. The third-order valence-electron chi connectivity index (χ3n) is 3.35. The number of likely N-dealkylation sites (N-methyl/N-ethyl adjacent to an activating group) is 1. The van der Waals surface area contributed by atoms with Crippen LogP contribution in [-0.4, -0.2) is 25.1 Å². The topological polar surface area (TPSA) is 41.6 Å². The lowest BCUT2D eigenvalue weighted by Crippen LogP contribution is -2.35. The van der Waals surface area contributed by atoms with Crippen molar-refractivity contribution in [2.45, 2.75) is 26.9 Å². The standard InChI is InChI=1S/C19H24N2O2/c1-4-21(17-8-6-5-7-9-17)19(22)14-20-16-10-12-18(13-11-16)23-15(2)3/h5-13,15,20H,4,14H2,1-3H3. The van der Waals surface area contributed by atoms with Crippen LogP contribution in [0.1, 0.15) is 20.8 Å². The molecule has 0 saturated heterocycles. The van der Waals surface area contributed by atoms with Crippen molar-refractivity contribution in [1.82, 2.24) is 0 Å². The molecule has 0 atom stereocenters. The quantitative estimate of drug-likeness (QED) is 0.842. The molecule has 0 saturated carbocycles. The number of ether oxygens (including phenoxy) is 1. The van der Waals surface area contributed by atoms with Gasteiger partial charge in [0.15, 0.2) is 0 Å². The first-order valence-electron chi connectivity index (χ1n) is 7.96. The maximum absolute atomic E-state index is 12.4. The number of para-hydroxylation sites is 1. The lowest BCUT2D eigenvalue weighted by molar-refractivity contribution is -0.116. The monoisotopic (exact) mass is 312 g/mol. The van der Waals surface area contributed by atoms with Gasteiger partial charge in [0.1, 0.15) is 5.75 Å². The van der Waals surface area contributed by atoms with Crippen LogP contribution in [0, 0.1) is 0 Å². The summed E-state index contributed by atoms with van der Waals surface area (Å²) in [6.07, 6.45) is 0.152. The number of nitrogens with zero attached hydrogens (tertiary/aromatic N) is 1. The first kappa shape index (κ1) is 16.9. The van der Waals surface area contributed by atoms with Crippen LogP contribution in [0.2, 0.25) is 0 Å². The molecule has 23 heavy (non-hydrogen) atoms. The molecule has 1 amide bonds. The van der Waals surface area contributed by atoms with Gasteiger partial charge in [-0.15, -0.1) is 0 Å². The van der Waals surface area contributed by atoms with Gasteiger partial charge < -0.3 is 15.0 Å². The molecule has 0 heterocycles. The van der Waals surface area contributed by atoms with Crippen LogP contribution in [0.4, 0.5) is 11.4 Å². The van der Waals surface area contributed by atoms with Gasteiger partial charge in [-0.05, 0) is 57.2 Å². The van der Waals surface area contributed by atoms with Crippen LogP contribution in [0.25, 0.3) is 0 Å².